The van der Waals surface area contributed by atoms with Crippen LogP contribution in [-0.4, -0.2) is 11.6 Å². The van der Waals surface area contributed by atoms with Crippen molar-refractivity contribution in [3.05, 3.63) is 59.4 Å². The molecule has 1 atom stereocenters. The summed E-state index contributed by atoms with van der Waals surface area (Å²) in [6.45, 7) is 7.16. The number of aryl methyl sites for hydroxylation is 1. The van der Waals surface area contributed by atoms with Crippen LogP contribution in [0.25, 0.3) is 0 Å². The van der Waals surface area contributed by atoms with Crippen molar-refractivity contribution in [3.8, 4) is 5.75 Å². The Morgan fingerprint density at radius 2 is 1.74 bits per heavy atom. The smallest absolute Gasteiger partial charge is 0.119 e. The third-order valence-corrected chi connectivity index (χ3v) is 4.30. The number of aromatic nitrogens is 1. The minimum atomic E-state index is 0.305. The van der Waals surface area contributed by atoms with Crippen LogP contribution in [0.5, 0.6) is 5.75 Å². The predicted octanol–water partition coefficient (Wildman–Crippen LogP) is 5.75. The molecule has 0 radical (unpaired) electrons. The van der Waals surface area contributed by atoms with Gasteiger partial charge in [-0.2, -0.15) is 0 Å². The van der Waals surface area contributed by atoms with Crippen LogP contribution in [0.2, 0.25) is 0 Å². The Morgan fingerprint density at radius 1 is 0.957 bits per heavy atom. The number of pyridine rings is 1. The van der Waals surface area contributed by atoms with E-state index in [9.17, 15) is 0 Å². The number of benzene rings is 1. The van der Waals surface area contributed by atoms with E-state index in [1.165, 1.54) is 36.8 Å². The van der Waals surface area contributed by atoms with Gasteiger partial charge in [0.25, 0.3) is 0 Å². The molecule has 2 aromatic rings. The maximum absolute atomic E-state index is 5.50. The lowest BCUT2D eigenvalue weighted by atomic mass is 9.96. The molecule has 1 heterocycles. The van der Waals surface area contributed by atoms with Crippen molar-refractivity contribution in [1.29, 1.82) is 0 Å². The fraction of sp³-hybridized carbons (Fsp3) is 0.476. The molecule has 0 aliphatic rings. The molecule has 23 heavy (non-hydrogen) atoms. The van der Waals surface area contributed by atoms with Crippen LogP contribution in [0.3, 0.4) is 0 Å². The molecule has 0 aliphatic carbocycles. The normalized spacial score (nSPS) is 12.1. The molecular formula is C21H29NO. The fourth-order valence-electron chi connectivity index (χ4n) is 2.79. The van der Waals surface area contributed by atoms with Crippen molar-refractivity contribution < 1.29 is 4.74 Å². The molecule has 2 heteroatoms. The molecule has 2 rings (SSSR count). The highest BCUT2D eigenvalue weighted by atomic mass is 16.5. The average molecular weight is 311 g/mol. The molecule has 0 bridgehead atoms. The topological polar surface area (TPSA) is 22.1 Å². The fourth-order valence-corrected chi connectivity index (χ4v) is 2.79. The van der Waals surface area contributed by atoms with Crippen molar-refractivity contribution >= 4 is 0 Å². The minimum Gasteiger partial charge on any atom is -0.494 e. The molecule has 0 N–H and O–H groups in total. The SMILES string of the molecule is CCCCCCc1ccc(C(C)c2ccc(OCC)cc2)nc1. The van der Waals surface area contributed by atoms with Crippen LogP contribution in [0.4, 0.5) is 0 Å². The monoisotopic (exact) mass is 311 g/mol. The quantitative estimate of drug-likeness (QED) is 0.550. The summed E-state index contributed by atoms with van der Waals surface area (Å²) in [4.78, 5) is 4.68. The summed E-state index contributed by atoms with van der Waals surface area (Å²) in [5.74, 6) is 1.23. The van der Waals surface area contributed by atoms with E-state index in [1.807, 2.05) is 25.3 Å². The Morgan fingerprint density at radius 3 is 2.35 bits per heavy atom. The van der Waals surface area contributed by atoms with Gasteiger partial charge in [0.1, 0.15) is 5.75 Å². The highest BCUT2D eigenvalue weighted by Crippen LogP contribution is 2.24. The van der Waals surface area contributed by atoms with E-state index in [2.05, 4.69) is 43.1 Å². The predicted molar refractivity (Wildman–Crippen MR) is 97.2 cm³/mol. The minimum absolute atomic E-state index is 0.305. The van der Waals surface area contributed by atoms with Gasteiger partial charge in [0, 0.05) is 17.8 Å². The first-order valence-corrected chi connectivity index (χ1v) is 8.92. The first-order valence-electron chi connectivity index (χ1n) is 8.92. The summed E-state index contributed by atoms with van der Waals surface area (Å²) in [6.07, 6.45) is 8.40. The van der Waals surface area contributed by atoms with Gasteiger partial charge in [-0.1, -0.05) is 51.3 Å². The van der Waals surface area contributed by atoms with Crippen molar-refractivity contribution in [1.82, 2.24) is 4.98 Å². The van der Waals surface area contributed by atoms with Gasteiger partial charge in [-0.15, -0.1) is 0 Å². The van der Waals surface area contributed by atoms with E-state index in [4.69, 9.17) is 4.74 Å². The third-order valence-electron chi connectivity index (χ3n) is 4.30. The second-order valence-corrected chi connectivity index (χ2v) is 6.13. The molecule has 0 saturated heterocycles. The summed E-state index contributed by atoms with van der Waals surface area (Å²) in [7, 11) is 0. The van der Waals surface area contributed by atoms with Crippen molar-refractivity contribution in [2.24, 2.45) is 0 Å². The molecule has 1 unspecified atom stereocenters. The second-order valence-electron chi connectivity index (χ2n) is 6.13. The Labute approximate surface area is 140 Å². The van der Waals surface area contributed by atoms with E-state index < -0.39 is 0 Å². The van der Waals surface area contributed by atoms with Gasteiger partial charge in [0.2, 0.25) is 0 Å². The van der Waals surface area contributed by atoms with E-state index in [1.54, 1.807) is 0 Å². The zero-order chi connectivity index (χ0) is 16.5. The molecular weight excluding hydrogens is 282 g/mol. The van der Waals surface area contributed by atoms with Gasteiger partial charge in [0.05, 0.1) is 6.61 Å². The summed E-state index contributed by atoms with van der Waals surface area (Å²) in [5, 5.41) is 0. The van der Waals surface area contributed by atoms with E-state index in [-0.39, 0.29) is 0 Å². The summed E-state index contributed by atoms with van der Waals surface area (Å²) >= 11 is 0. The van der Waals surface area contributed by atoms with Crippen molar-refractivity contribution in [2.45, 2.75) is 58.8 Å². The Balaban J connectivity index is 1.95. The number of ether oxygens (including phenoxy) is 1. The lowest BCUT2D eigenvalue weighted by Gasteiger charge is -2.13. The van der Waals surface area contributed by atoms with Crippen LogP contribution in [-0.2, 0) is 6.42 Å². The molecule has 1 aromatic heterocycles. The maximum atomic E-state index is 5.50. The molecule has 0 fully saturated rings. The summed E-state index contributed by atoms with van der Waals surface area (Å²) in [6, 6.07) is 12.8. The standard InChI is InChI=1S/C21H29NO/c1-4-6-7-8-9-18-10-15-21(22-16-18)17(3)19-11-13-20(14-12-19)23-5-2/h10-17H,4-9H2,1-3H3. The molecule has 0 spiro atoms. The second kappa shape index (κ2) is 9.34. The molecule has 1 aromatic carbocycles. The van der Waals surface area contributed by atoms with Crippen LogP contribution in [0, 0.1) is 0 Å². The molecule has 0 saturated carbocycles. The summed E-state index contributed by atoms with van der Waals surface area (Å²) < 4.78 is 5.50. The first kappa shape index (κ1) is 17.5. The molecule has 0 amide bonds. The zero-order valence-electron chi connectivity index (χ0n) is 14.7. The Hall–Kier alpha value is -1.83. The van der Waals surface area contributed by atoms with E-state index in [0.29, 0.717) is 12.5 Å². The lowest BCUT2D eigenvalue weighted by molar-refractivity contribution is 0.340. The molecule has 2 nitrogen and oxygen atoms in total. The van der Waals surface area contributed by atoms with Gasteiger partial charge in [-0.25, -0.2) is 0 Å². The van der Waals surface area contributed by atoms with Crippen molar-refractivity contribution in [3.63, 3.8) is 0 Å². The number of hydrogen-bond acceptors (Lipinski definition) is 2. The highest BCUT2D eigenvalue weighted by molar-refractivity contribution is 5.33. The highest BCUT2D eigenvalue weighted by Gasteiger charge is 2.10. The molecule has 124 valence electrons. The van der Waals surface area contributed by atoms with Gasteiger partial charge >= 0.3 is 0 Å². The van der Waals surface area contributed by atoms with E-state index in [0.717, 1.165) is 17.9 Å². The Kier molecular flexibility index (Phi) is 7.12. The lowest BCUT2D eigenvalue weighted by Crippen LogP contribution is -2.00. The van der Waals surface area contributed by atoms with Crippen LogP contribution >= 0.6 is 0 Å². The Bertz CT molecular complexity index is 559. The largest absolute Gasteiger partial charge is 0.494 e. The van der Waals surface area contributed by atoms with Gasteiger partial charge in [-0.3, -0.25) is 4.98 Å². The summed E-state index contributed by atoms with van der Waals surface area (Å²) in [5.41, 5.74) is 3.76. The van der Waals surface area contributed by atoms with Crippen LogP contribution in [0.1, 0.15) is 69.2 Å². The van der Waals surface area contributed by atoms with Gasteiger partial charge in [0.15, 0.2) is 0 Å². The number of rotatable bonds is 9. The molecule has 0 aliphatic heterocycles. The third kappa shape index (κ3) is 5.38. The van der Waals surface area contributed by atoms with Gasteiger partial charge in [-0.05, 0) is 49.1 Å². The van der Waals surface area contributed by atoms with Crippen molar-refractivity contribution in [2.75, 3.05) is 6.61 Å². The van der Waals surface area contributed by atoms with Crippen LogP contribution < -0.4 is 4.74 Å². The number of nitrogens with zero attached hydrogens (tertiary/aromatic N) is 1. The first-order chi connectivity index (χ1) is 11.2. The maximum Gasteiger partial charge on any atom is 0.119 e. The van der Waals surface area contributed by atoms with Crippen LogP contribution in [0.15, 0.2) is 42.6 Å². The van der Waals surface area contributed by atoms with Gasteiger partial charge < -0.3 is 4.74 Å². The average Bonchev–Trinajstić information content (AvgIpc) is 2.60. The zero-order valence-corrected chi connectivity index (χ0v) is 14.7. The van der Waals surface area contributed by atoms with E-state index >= 15 is 0 Å². The number of hydrogen-bond donors (Lipinski definition) is 0. The number of unbranched alkanes of at least 4 members (excludes halogenated alkanes) is 3.